The molecule has 2 aromatic heterocycles. The molecule has 1 aliphatic rings. The molecule has 8 heteroatoms. The van der Waals surface area contributed by atoms with Crippen molar-refractivity contribution >= 4 is 21.6 Å². The van der Waals surface area contributed by atoms with Crippen LogP contribution < -0.4 is 22.3 Å². The number of nitrogens with two attached hydrogens (primary N) is 1. The van der Waals surface area contributed by atoms with Gasteiger partial charge in [0, 0.05) is 37.2 Å². The van der Waals surface area contributed by atoms with Crippen LogP contribution in [-0.4, -0.2) is 34.9 Å². The van der Waals surface area contributed by atoms with Crippen LogP contribution >= 0.6 is 11.3 Å². The summed E-state index contributed by atoms with van der Waals surface area (Å²) in [6.45, 7) is 8.87. The number of thiophene rings is 1. The maximum absolute atomic E-state index is 13.1. The first kappa shape index (κ1) is 19.3. The number of fused-ring (bicyclic) bond motifs is 1. The fourth-order valence-corrected chi connectivity index (χ4v) is 4.76. The molecule has 2 aromatic rings. The fourth-order valence-electron chi connectivity index (χ4n) is 3.49. The molecular formula is C18H28N4O3S. The van der Waals surface area contributed by atoms with Crippen molar-refractivity contribution in [3.05, 3.63) is 31.3 Å². The molecule has 0 spiro atoms. The average molecular weight is 381 g/mol. The van der Waals surface area contributed by atoms with E-state index >= 15 is 0 Å². The molecule has 1 fully saturated rings. The van der Waals surface area contributed by atoms with Crippen LogP contribution in [-0.2, 0) is 17.8 Å². The highest BCUT2D eigenvalue weighted by Gasteiger charge is 2.24. The standard InChI is InChI=1S/C18H28N4O3S/c1-11(2)22-16(23)15-12(3)14(9-20-7-6-19)26-17(15)21(18(22)24)10-13-5-4-8-25-13/h11,13,20H,4-10,19H2,1-3H3. The van der Waals surface area contributed by atoms with E-state index in [1.807, 2.05) is 20.8 Å². The molecule has 144 valence electrons. The van der Waals surface area contributed by atoms with Gasteiger partial charge < -0.3 is 15.8 Å². The van der Waals surface area contributed by atoms with Crippen molar-refractivity contribution in [1.29, 1.82) is 0 Å². The summed E-state index contributed by atoms with van der Waals surface area (Å²) < 4.78 is 8.86. The second-order valence-electron chi connectivity index (χ2n) is 7.09. The second kappa shape index (κ2) is 8.04. The maximum atomic E-state index is 13.1. The predicted molar refractivity (Wildman–Crippen MR) is 105 cm³/mol. The van der Waals surface area contributed by atoms with Crippen LogP contribution in [0.25, 0.3) is 10.2 Å². The summed E-state index contributed by atoms with van der Waals surface area (Å²) in [4.78, 5) is 27.9. The maximum Gasteiger partial charge on any atom is 0.332 e. The van der Waals surface area contributed by atoms with Gasteiger partial charge in [-0.25, -0.2) is 4.79 Å². The Bertz CT molecular complexity index is 890. The molecule has 26 heavy (non-hydrogen) atoms. The number of ether oxygens (including phenoxy) is 1. The SMILES string of the molecule is Cc1c(CNCCN)sc2c1c(=O)n(C(C)C)c(=O)n2CC1CCCO1. The lowest BCUT2D eigenvalue weighted by Gasteiger charge is -2.17. The lowest BCUT2D eigenvalue weighted by Crippen LogP contribution is -2.42. The molecule has 7 nitrogen and oxygen atoms in total. The highest BCUT2D eigenvalue weighted by molar-refractivity contribution is 7.18. The Balaban J connectivity index is 2.17. The minimum absolute atomic E-state index is 0.0373. The molecule has 0 aliphatic carbocycles. The minimum Gasteiger partial charge on any atom is -0.376 e. The highest BCUT2D eigenvalue weighted by atomic mass is 32.1. The minimum atomic E-state index is -0.240. The smallest absolute Gasteiger partial charge is 0.332 e. The van der Waals surface area contributed by atoms with Crippen molar-refractivity contribution in [2.75, 3.05) is 19.7 Å². The number of aryl methyl sites for hydroxylation is 1. The summed E-state index contributed by atoms with van der Waals surface area (Å²) in [5.74, 6) is 0. The summed E-state index contributed by atoms with van der Waals surface area (Å²) >= 11 is 1.52. The number of nitrogens with one attached hydrogen (secondary N) is 1. The topological polar surface area (TPSA) is 91.3 Å². The number of hydrogen-bond donors (Lipinski definition) is 2. The third-order valence-electron chi connectivity index (χ3n) is 4.88. The molecule has 1 saturated heterocycles. The molecule has 0 bridgehead atoms. The molecular weight excluding hydrogens is 352 g/mol. The van der Waals surface area contributed by atoms with Gasteiger partial charge in [-0.05, 0) is 39.2 Å². The predicted octanol–water partition coefficient (Wildman–Crippen LogP) is 1.34. The number of rotatable bonds is 7. The van der Waals surface area contributed by atoms with Crippen molar-refractivity contribution in [3.8, 4) is 0 Å². The van der Waals surface area contributed by atoms with E-state index in [4.69, 9.17) is 10.5 Å². The third-order valence-corrected chi connectivity index (χ3v) is 6.19. The summed E-state index contributed by atoms with van der Waals surface area (Å²) in [6.07, 6.45) is 2.00. The van der Waals surface area contributed by atoms with E-state index in [2.05, 4.69) is 5.32 Å². The van der Waals surface area contributed by atoms with Gasteiger partial charge in [0.2, 0.25) is 0 Å². The molecule has 1 unspecified atom stereocenters. The van der Waals surface area contributed by atoms with E-state index in [0.29, 0.717) is 31.6 Å². The van der Waals surface area contributed by atoms with Gasteiger partial charge in [0.1, 0.15) is 4.83 Å². The number of hydrogen-bond acceptors (Lipinski definition) is 6. The normalized spacial score (nSPS) is 17.7. The van der Waals surface area contributed by atoms with Crippen LogP contribution in [0.2, 0.25) is 0 Å². The van der Waals surface area contributed by atoms with E-state index < -0.39 is 0 Å². The van der Waals surface area contributed by atoms with Crippen molar-refractivity contribution in [2.24, 2.45) is 5.73 Å². The summed E-state index contributed by atoms with van der Waals surface area (Å²) in [7, 11) is 0. The molecule has 0 radical (unpaired) electrons. The van der Waals surface area contributed by atoms with Crippen LogP contribution in [0.15, 0.2) is 9.59 Å². The quantitative estimate of drug-likeness (QED) is 0.708. The lowest BCUT2D eigenvalue weighted by molar-refractivity contribution is 0.0965. The van der Waals surface area contributed by atoms with Gasteiger partial charge in [0.15, 0.2) is 0 Å². The monoisotopic (exact) mass is 380 g/mol. The zero-order valence-corrected chi connectivity index (χ0v) is 16.5. The molecule has 0 aromatic carbocycles. The van der Waals surface area contributed by atoms with Gasteiger partial charge in [0.25, 0.3) is 5.56 Å². The van der Waals surface area contributed by atoms with Crippen LogP contribution in [0.5, 0.6) is 0 Å². The van der Waals surface area contributed by atoms with Gasteiger partial charge in [-0.3, -0.25) is 13.9 Å². The molecule has 0 amide bonds. The van der Waals surface area contributed by atoms with E-state index in [-0.39, 0.29) is 23.4 Å². The zero-order chi connectivity index (χ0) is 18.8. The number of aromatic nitrogens is 2. The van der Waals surface area contributed by atoms with Gasteiger partial charge in [-0.1, -0.05) is 0 Å². The van der Waals surface area contributed by atoms with Gasteiger partial charge >= 0.3 is 5.69 Å². The van der Waals surface area contributed by atoms with Crippen LogP contribution in [0.1, 0.15) is 43.2 Å². The first-order valence-corrected chi connectivity index (χ1v) is 10.1. The van der Waals surface area contributed by atoms with Gasteiger partial charge in [-0.2, -0.15) is 0 Å². The Morgan fingerprint density at radius 1 is 1.38 bits per heavy atom. The Labute approximate surface area is 156 Å². The van der Waals surface area contributed by atoms with Crippen molar-refractivity contribution in [2.45, 2.75) is 58.8 Å². The first-order chi connectivity index (χ1) is 12.5. The lowest BCUT2D eigenvalue weighted by atomic mass is 10.2. The molecule has 1 atom stereocenters. The van der Waals surface area contributed by atoms with Crippen LogP contribution in [0, 0.1) is 6.92 Å². The van der Waals surface area contributed by atoms with E-state index in [0.717, 1.165) is 34.7 Å². The van der Waals surface area contributed by atoms with E-state index in [1.165, 1.54) is 15.9 Å². The molecule has 3 N–H and O–H groups in total. The average Bonchev–Trinajstić information content (AvgIpc) is 3.20. The summed E-state index contributed by atoms with van der Waals surface area (Å²) in [5, 5.41) is 3.94. The first-order valence-electron chi connectivity index (χ1n) is 9.25. The highest BCUT2D eigenvalue weighted by Crippen LogP contribution is 2.29. The van der Waals surface area contributed by atoms with Crippen LogP contribution in [0.3, 0.4) is 0 Å². The third kappa shape index (κ3) is 3.51. The molecule has 0 saturated carbocycles. The summed E-state index contributed by atoms with van der Waals surface area (Å²) in [5.41, 5.74) is 6.07. The molecule has 1 aliphatic heterocycles. The van der Waals surface area contributed by atoms with Crippen LogP contribution in [0.4, 0.5) is 0 Å². The Morgan fingerprint density at radius 3 is 2.77 bits per heavy atom. The van der Waals surface area contributed by atoms with Crippen molar-refractivity contribution < 1.29 is 4.74 Å². The van der Waals surface area contributed by atoms with Crippen molar-refractivity contribution in [3.63, 3.8) is 0 Å². The fraction of sp³-hybridized carbons (Fsp3) is 0.667. The van der Waals surface area contributed by atoms with Gasteiger partial charge in [0.05, 0.1) is 18.0 Å². The largest absolute Gasteiger partial charge is 0.376 e. The second-order valence-corrected chi connectivity index (χ2v) is 8.18. The number of nitrogens with zero attached hydrogens (tertiary/aromatic N) is 2. The summed E-state index contributed by atoms with van der Waals surface area (Å²) in [6, 6.07) is -0.187. The molecule has 3 rings (SSSR count). The zero-order valence-electron chi connectivity index (χ0n) is 15.7. The van der Waals surface area contributed by atoms with E-state index in [9.17, 15) is 9.59 Å². The molecule has 3 heterocycles. The van der Waals surface area contributed by atoms with E-state index in [1.54, 1.807) is 4.57 Å². The Hall–Kier alpha value is -1.48. The Kier molecular flexibility index (Phi) is 5.96. The Morgan fingerprint density at radius 2 is 2.15 bits per heavy atom. The van der Waals surface area contributed by atoms with Gasteiger partial charge in [-0.15, -0.1) is 11.3 Å². The van der Waals surface area contributed by atoms with Crippen molar-refractivity contribution in [1.82, 2.24) is 14.5 Å².